The first-order valence-electron chi connectivity index (χ1n) is 6.32. The molecule has 2 heterocycles. The second-order valence-electron chi connectivity index (χ2n) is 4.14. The van der Waals surface area contributed by atoms with Gasteiger partial charge in [0, 0.05) is 18.4 Å². The molecule has 0 fully saturated rings. The van der Waals surface area contributed by atoms with Gasteiger partial charge in [-0.2, -0.15) is 5.10 Å². The van der Waals surface area contributed by atoms with Crippen LogP contribution in [-0.4, -0.2) is 26.8 Å². The minimum atomic E-state index is 0.713. The van der Waals surface area contributed by atoms with Crippen molar-refractivity contribution in [3.63, 3.8) is 0 Å². The van der Waals surface area contributed by atoms with Gasteiger partial charge in [0.1, 0.15) is 0 Å². The van der Waals surface area contributed by atoms with Crippen LogP contribution in [0.15, 0.2) is 18.5 Å². The van der Waals surface area contributed by atoms with E-state index in [4.69, 9.17) is 0 Å². The average Bonchev–Trinajstić information content (AvgIpc) is 2.83. The van der Waals surface area contributed by atoms with Gasteiger partial charge in [-0.25, -0.2) is 9.67 Å². The molecule has 96 valence electrons. The van der Waals surface area contributed by atoms with Crippen LogP contribution in [0.2, 0.25) is 0 Å². The maximum absolute atomic E-state index is 4.56. The largest absolute Gasteiger partial charge is 0.314 e. The average molecular weight is 245 g/mol. The molecule has 2 aromatic rings. The SMILES string of the molecule is CCc1cc(CC)n(-c2cncc(CNC)n2)n1. The topological polar surface area (TPSA) is 55.6 Å². The molecule has 0 saturated carbocycles. The number of hydrogen-bond acceptors (Lipinski definition) is 4. The van der Waals surface area contributed by atoms with Crippen LogP contribution in [0.5, 0.6) is 0 Å². The van der Waals surface area contributed by atoms with E-state index < -0.39 is 0 Å². The molecule has 0 saturated heterocycles. The molecule has 2 rings (SSSR count). The Morgan fingerprint density at radius 1 is 1.17 bits per heavy atom. The lowest BCUT2D eigenvalue weighted by atomic mass is 10.3. The van der Waals surface area contributed by atoms with Crippen LogP contribution >= 0.6 is 0 Å². The molecule has 0 radical (unpaired) electrons. The van der Waals surface area contributed by atoms with Gasteiger partial charge >= 0.3 is 0 Å². The zero-order valence-corrected chi connectivity index (χ0v) is 11.1. The predicted octanol–water partition coefficient (Wildman–Crippen LogP) is 1.51. The number of nitrogens with zero attached hydrogens (tertiary/aromatic N) is 4. The van der Waals surface area contributed by atoms with Gasteiger partial charge in [0.2, 0.25) is 0 Å². The van der Waals surface area contributed by atoms with Crippen molar-refractivity contribution in [2.24, 2.45) is 0 Å². The first-order valence-corrected chi connectivity index (χ1v) is 6.32. The maximum Gasteiger partial charge on any atom is 0.172 e. The summed E-state index contributed by atoms with van der Waals surface area (Å²) in [6.07, 6.45) is 5.40. The Morgan fingerprint density at radius 3 is 2.67 bits per heavy atom. The zero-order chi connectivity index (χ0) is 13.0. The number of hydrogen-bond donors (Lipinski definition) is 1. The van der Waals surface area contributed by atoms with Crippen molar-refractivity contribution in [3.05, 3.63) is 35.5 Å². The van der Waals surface area contributed by atoms with Gasteiger partial charge in [-0.05, 0) is 26.0 Å². The first kappa shape index (κ1) is 12.7. The lowest BCUT2D eigenvalue weighted by molar-refractivity contribution is 0.735. The fraction of sp³-hybridized carbons (Fsp3) is 0.462. The lowest BCUT2D eigenvalue weighted by Crippen LogP contribution is -2.11. The molecule has 0 aliphatic heterocycles. The van der Waals surface area contributed by atoms with E-state index in [0.29, 0.717) is 6.54 Å². The Kier molecular flexibility index (Phi) is 4.04. The Bertz CT molecular complexity index is 518. The molecule has 5 heteroatoms. The molecule has 0 aromatic carbocycles. The minimum absolute atomic E-state index is 0.713. The monoisotopic (exact) mass is 245 g/mol. The number of aromatic nitrogens is 4. The molecule has 0 aliphatic carbocycles. The van der Waals surface area contributed by atoms with Gasteiger partial charge in [0.05, 0.1) is 17.6 Å². The van der Waals surface area contributed by atoms with Crippen LogP contribution in [0, 0.1) is 0 Å². The van der Waals surface area contributed by atoms with E-state index in [1.54, 1.807) is 12.4 Å². The van der Waals surface area contributed by atoms with Crippen LogP contribution in [-0.2, 0) is 19.4 Å². The summed E-state index contributed by atoms with van der Waals surface area (Å²) in [6.45, 7) is 4.94. The summed E-state index contributed by atoms with van der Waals surface area (Å²) in [6, 6.07) is 2.13. The summed E-state index contributed by atoms with van der Waals surface area (Å²) in [5.74, 6) is 0.791. The molecule has 1 N–H and O–H groups in total. The van der Waals surface area contributed by atoms with Crippen molar-refractivity contribution in [1.29, 1.82) is 0 Å². The van der Waals surface area contributed by atoms with Crippen molar-refractivity contribution in [3.8, 4) is 5.82 Å². The van der Waals surface area contributed by atoms with E-state index in [1.807, 2.05) is 11.7 Å². The van der Waals surface area contributed by atoms with E-state index in [-0.39, 0.29) is 0 Å². The summed E-state index contributed by atoms with van der Waals surface area (Å²) in [5, 5.41) is 7.64. The summed E-state index contributed by atoms with van der Waals surface area (Å²) >= 11 is 0. The second-order valence-corrected chi connectivity index (χ2v) is 4.14. The highest BCUT2D eigenvalue weighted by Crippen LogP contribution is 2.11. The van der Waals surface area contributed by atoms with E-state index >= 15 is 0 Å². The number of aryl methyl sites for hydroxylation is 2. The quantitative estimate of drug-likeness (QED) is 0.867. The van der Waals surface area contributed by atoms with E-state index in [0.717, 1.165) is 30.0 Å². The molecule has 0 aliphatic rings. The van der Waals surface area contributed by atoms with Gasteiger partial charge in [-0.15, -0.1) is 0 Å². The lowest BCUT2D eigenvalue weighted by Gasteiger charge is -2.06. The fourth-order valence-electron chi connectivity index (χ4n) is 1.86. The van der Waals surface area contributed by atoms with Gasteiger partial charge in [-0.3, -0.25) is 4.98 Å². The summed E-state index contributed by atoms with van der Waals surface area (Å²) in [5.41, 5.74) is 3.18. The predicted molar refractivity (Wildman–Crippen MR) is 70.7 cm³/mol. The van der Waals surface area contributed by atoms with E-state index in [1.165, 1.54) is 5.69 Å². The third-order valence-electron chi connectivity index (χ3n) is 2.80. The third-order valence-corrected chi connectivity index (χ3v) is 2.80. The second kappa shape index (κ2) is 5.73. The highest BCUT2D eigenvalue weighted by molar-refractivity contribution is 5.25. The van der Waals surface area contributed by atoms with Gasteiger partial charge < -0.3 is 5.32 Å². The summed E-state index contributed by atoms with van der Waals surface area (Å²) in [7, 11) is 1.90. The highest BCUT2D eigenvalue weighted by atomic mass is 15.3. The molecule has 0 unspecified atom stereocenters. The highest BCUT2D eigenvalue weighted by Gasteiger charge is 2.09. The Morgan fingerprint density at radius 2 is 2.00 bits per heavy atom. The normalized spacial score (nSPS) is 10.8. The number of nitrogens with one attached hydrogen (secondary N) is 1. The first-order chi connectivity index (χ1) is 8.78. The van der Waals surface area contributed by atoms with Crippen molar-refractivity contribution in [1.82, 2.24) is 25.1 Å². The van der Waals surface area contributed by atoms with Gasteiger partial charge in [0.25, 0.3) is 0 Å². The maximum atomic E-state index is 4.56. The molecule has 0 atom stereocenters. The molecule has 5 nitrogen and oxygen atoms in total. The van der Waals surface area contributed by atoms with Gasteiger partial charge in [0.15, 0.2) is 5.82 Å². The zero-order valence-electron chi connectivity index (χ0n) is 11.1. The number of rotatable bonds is 5. The van der Waals surface area contributed by atoms with Crippen LogP contribution in [0.4, 0.5) is 0 Å². The van der Waals surface area contributed by atoms with E-state index in [9.17, 15) is 0 Å². The minimum Gasteiger partial charge on any atom is -0.314 e. The van der Waals surface area contributed by atoms with Crippen molar-refractivity contribution >= 4 is 0 Å². The Labute approximate surface area is 107 Å². The van der Waals surface area contributed by atoms with Crippen LogP contribution in [0.3, 0.4) is 0 Å². The van der Waals surface area contributed by atoms with Gasteiger partial charge in [-0.1, -0.05) is 13.8 Å². The smallest absolute Gasteiger partial charge is 0.172 e. The van der Waals surface area contributed by atoms with Crippen LogP contribution in [0.1, 0.15) is 30.9 Å². The van der Waals surface area contributed by atoms with Crippen LogP contribution in [0.25, 0.3) is 5.82 Å². The Hall–Kier alpha value is -1.75. The molecule has 0 bridgehead atoms. The summed E-state index contributed by atoms with van der Waals surface area (Å²) < 4.78 is 1.89. The van der Waals surface area contributed by atoms with Crippen molar-refractivity contribution in [2.75, 3.05) is 7.05 Å². The van der Waals surface area contributed by atoms with Crippen molar-refractivity contribution in [2.45, 2.75) is 33.2 Å². The Balaban J connectivity index is 2.40. The molecule has 2 aromatic heterocycles. The van der Waals surface area contributed by atoms with E-state index in [2.05, 4.69) is 40.3 Å². The molecule has 0 spiro atoms. The summed E-state index contributed by atoms with van der Waals surface area (Å²) in [4.78, 5) is 8.79. The third kappa shape index (κ3) is 2.56. The standard InChI is InChI=1S/C13H19N5/c1-4-10-6-12(5-2)18(17-10)13-9-15-8-11(16-13)7-14-3/h6,8-9,14H,4-5,7H2,1-3H3. The molecular formula is C13H19N5. The molecular weight excluding hydrogens is 226 g/mol. The fourth-order valence-corrected chi connectivity index (χ4v) is 1.86. The molecule has 0 amide bonds. The van der Waals surface area contributed by atoms with Crippen molar-refractivity contribution < 1.29 is 0 Å². The molecule has 18 heavy (non-hydrogen) atoms. The van der Waals surface area contributed by atoms with Crippen LogP contribution < -0.4 is 5.32 Å².